The minimum Gasteiger partial charge on any atom is -0.501 e. The van der Waals surface area contributed by atoms with E-state index in [1.165, 1.54) is 25.1 Å². The van der Waals surface area contributed by atoms with Crippen molar-refractivity contribution in [3.05, 3.63) is 29.6 Å². The Morgan fingerprint density at radius 2 is 2.25 bits per heavy atom. The van der Waals surface area contributed by atoms with Crippen LogP contribution in [0, 0.1) is 5.82 Å². The predicted molar refractivity (Wildman–Crippen MR) is 67.6 cm³/mol. The van der Waals surface area contributed by atoms with Crippen molar-refractivity contribution in [2.75, 3.05) is 5.32 Å². The van der Waals surface area contributed by atoms with E-state index in [2.05, 4.69) is 33.5 Å². The molecule has 0 aromatic heterocycles. The highest BCUT2D eigenvalue weighted by Crippen LogP contribution is 2.27. The van der Waals surface area contributed by atoms with E-state index in [0.717, 1.165) is 0 Å². The lowest BCUT2D eigenvalue weighted by atomic mass is 10.1. The minimum atomic E-state index is -0.560. The van der Waals surface area contributed by atoms with E-state index in [0.29, 0.717) is 5.56 Å². The average molecular weight is 306 g/mol. The van der Waals surface area contributed by atoms with Crippen LogP contribution in [0.4, 0.5) is 10.1 Å². The van der Waals surface area contributed by atoms with Gasteiger partial charge in [0.1, 0.15) is 10.6 Å². The summed E-state index contributed by atoms with van der Waals surface area (Å²) in [5, 5.41) is 11.2. The van der Waals surface area contributed by atoms with Crippen molar-refractivity contribution in [2.45, 2.75) is 11.8 Å². The fourth-order valence-electron chi connectivity index (χ4n) is 1.13. The summed E-state index contributed by atoms with van der Waals surface area (Å²) in [6.45, 7) is 1.29. The molecule has 1 aromatic carbocycles. The molecule has 1 unspecified atom stereocenters. The van der Waals surface area contributed by atoms with Crippen LogP contribution in [0.25, 0.3) is 0 Å². The Balaban J connectivity index is 3.06. The van der Waals surface area contributed by atoms with Gasteiger partial charge in [0.15, 0.2) is 5.05 Å². The second kappa shape index (κ2) is 5.36. The highest BCUT2D eigenvalue weighted by molar-refractivity contribution is 9.09. The summed E-state index contributed by atoms with van der Waals surface area (Å²) in [6.07, 6.45) is 0. The van der Waals surface area contributed by atoms with Gasteiger partial charge in [-0.3, -0.25) is 4.79 Å². The van der Waals surface area contributed by atoms with Gasteiger partial charge in [-0.05, 0) is 29.9 Å². The number of alkyl halides is 1. The Hall–Kier alpha value is -1.01. The molecular formula is C10H9BrFNO2S. The van der Waals surface area contributed by atoms with Gasteiger partial charge in [-0.25, -0.2) is 4.39 Å². The molecule has 0 aliphatic carbocycles. The first-order valence-electron chi connectivity index (χ1n) is 4.35. The number of aliphatic hydroxyl groups is 1. The average Bonchev–Trinajstić information content (AvgIpc) is 2.19. The first-order valence-corrected chi connectivity index (χ1v) is 5.68. The lowest BCUT2D eigenvalue weighted by Gasteiger charge is -2.10. The molecule has 0 aliphatic rings. The minimum absolute atomic E-state index is 0.0608. The van der Waals surface area contributed by atoms with E-state index in [4.69, 9.17) is 5.11 Å². The number of carbonyl (C=O) groups is 1. The number of halogens is 2. The van der Waals surface area contributed by atoms with Crippen molar-refractivity contribution in [3.63, 3.8) is 0 Å². The Morgan fingerprint density at radius 3 is 2.75 bits per heavy atom. The number of amides is 1. The van der Waals surface area contributed by atoms with Crippen molar-refractivity contribution in [1.29, 1.82) is 0 Å². The van der Waals surface area contributed by atoms with E-state index in [-0.39, 0.29) is 16.6 Å². The Morgan fingerprint density at radius 1 is 1.62 bits per heavy atom. The number of anilines is 1. The quantitative estimate of drug-likeness (QED) is 0.666. The van der Waals surface area contributed by atoms with Crippen LogP contribution >= 0.6 is 28.1 Å². The summed E-state index contributed by atoms with van der Waals surface area (Å²) in [5.74, 6) is -0.906. The van der Waals surface area contributed by atoms with Crippen LogP contribution in [0.3, 0.4) is 0 Å². The van der Waals surface area contributed by atoms with E-state index >= 15 is 0 Å². The Bertz CT molecular complexity index is 439. The number of aliphatic hydroxyl groups excluding tert-OH is 1. The summed E-state index contributed by atoms with van der Waals surface area (Å²) in [7, 11) is 0. The molecule has 1 aromatic rings. The summed E-state index contributed by atoms with van der Waals surface area (Å²) in [5.41, 5.74) is 0.628. The molecule has 0 bridgehead atoms. The van der Waals surface area contributed by atoms with Crippen LogP contribution in [-0.2, 0) is 4.79 Å². The molecule has 2 N–H and O–H groups in total. The van der Waals surface area contributed by atoms with Crippen LogP contribution in [0.1, 0.15) is 17.3 Å². The van der Waals surface area contributed by atoms with Crippen LogP contribution in [0.2, 0.25) is 0 Å². The molecule has 86 valence electrons. The normalized spacial score (nSPS) is 11.9. The van der Waals surface area contributed by atoms with Crippen molar-refractivity contribution in [3.8, 4) is 0 Å². The zero-order valence-electron chi connectivity index (χ0n) is 8.33. The number of hydrogen-bond acceptors (Lipinski definition) is 2. The third-order valence-corrected chi connectivity index (χ3v) is 3.31. The zero-order chi connectivity index (χ0) is 12.3. The van der Waals surface area contributed by atoms with Crippen molar-refractivity contribution in [2.24, 2.45) is 0 Å². The summed E-state index contributed by atoms with van der Waals surface area (Å²) in [4.78, 5) is 10.3. The monoisotopic (exact) mass is 305 g/mol. The maximum absolute atomic E-state index is 13.3. The van der Waals surface area contributed by atoms with Crippen LogP contribution in [-0.4, -0.2) is 16.1 Å². The molecule has 0 radical (unpaired) electrons. The van der Waals surface area contributed by atoms with Gasteiger partial charge in [-0.2, -0.15) is 0 Å². The predicted octanol–water partition coefficient (Wildman–Crippen LogP) is 3.11. The summed E-state index contributed by atoms with van der Waals surface area (Å²) >= 11 is 7.74. The largest absolute Gasteiger partial charge is 0.501 e. The summed E-state index contributed by atoms with van der Waals surface area (Å²) < 4.78 is 13.3. The van der Waals surface area contributed by atoms with Gasteiger partial charge in [-0.1, -0.05) is 22.0 Å². The van der Waals surface area contributed by atoms with Gasteiger partial charge >= 0.3 is 0 Å². The molecule has 1 amide bonds. The molecule has 16 heavy (non-hydrogen) atoms. The first-order chi connectivity index (χ1) is 7.41. The first kappa shape index (κ1) is 13.1. The molecule has 0 spiro atoms. The maximum Gasteiger partial charge on any atom is 0.221 e. The van der Waals surface area contributed by atoms with Crippen LogP contribution < -0.4 is 5.32 Å². The molecule has 0 saturated carbocycles. The highest BCUT2D eigenvalue weighted by atomic mass is 79.9. The molecule has 1 rings (SSSR count). The van der Waals surface area contributed by atoms with Gasteiger partial charge in [0.25, 0.3) is 0 Å². The number of benzene rings is 1. The highest BCUT2D eigenvalue weighted by Gasteiger charge is 2.14. The molecular weight excluding hydrogens is 297 g/mol. The van der Waals surface area contributed by atoms with Gasteiger partial charge in [0, 0.05) is 6.92 Å². The molecule has 0 fully saturated rings. The van der Waals surface area contributed by atoms with Crippen molar-refractivity contribution < 1.29 is 14.3 Å². The maximum atomic E-state index is 13.3. The van der Waals surface area contributed by atoms with Crippen molar-refractivity contribution in [1.82, 2.24) is 0 Å². The van der Waals surface area contributed by atoms with E-state index in [1.807, 2.05) is 0 Å². The van der Waals surface area contributed by atoms with E-state index in [1.54, 1.807) is 0 Å². The number of rotatable bonds is 3. The molecule has 6 heteroatoms. The van der Waals surface area contributed by atoms with Gasteiger partial charge in [0.05, 0.1) is 5.69 Å². The molecule has 0 saturated heterocycles. The summed E-state index contributed by atoms with van der Waals surface area (Å²) in [6, 6.07) is 4.09. The number of nitrogens with one attached hydrogen (secondary N) is 1. The lowest BCUT2D eigenvalue weighted by molar-refractivity contribution is -0.114. The third kappa shape index (κ3) is 3.24. The second-order valence-corrected chi connectivity index (χ2v) is 4.46. The number of hydrogen-bond donors (Lipinski definition) is 2. The second-order valence-electron chi connectivity index (χ2n) is 3.12. The SMILES string of the molecule is CC(=O)Nc1cc(C(Br)C(O)=S)ccc1F. The molecule has 0 aliphatic heterocycles. The number of thiocarbonyl (C=S) groups is 1. The van der Waals surface area contributed by atoms with Crippen LogP contribution in [0.5, 0.6) is 0 Å². The van der Waals surface area contributed by atoms with Gasteiger partial charge in [0.2, 0.25) is 5.91 Å². The Kier molecular flexibility index (Phi) is 4.37. The molecule has 3 nitrogen and oxygen atoms in total. The molecule has 0 heterocycles. The zero-order valence-corrected chi connectivity index (χ0v) is 10.7. The van der Waals surface area contributed by atoms with Crippen molar-refractivity contribution >= 4 is 44.8 Å². The van der Waals surface area contributed by atoms with E-state index < -0.39 is 10.6 Å². The Labute approximate surface area is 106 Å². The fraction of sp³-hybridized carbons (Fsp3) is 0.200. The van der Waals surface area contributed by atoms with Crippen LogP contribution in [0.15, 0.2) is 18.2 Å². The fourth-order valence-corrected chi connectivity index (χ4v) is 1.55. The molecule has 1 atom stereocenters. The number of carbonyl (C=O) groups excluding carboxylic acids is 1. The van der Waals surface area contributed by atoms with Gasteiger partial charge in [-0.15, -0.1) is 0 Å². The van der Waals surface area contributed by atoms with Gasteiger partial charge < -0.3 is 10.4 Å². The van der Waals surface area contributed by atoms with E-state index in [9.17, 15) is 9.18 Å². The lowest BCUT2D eigenvalue weighted by Crippen LogP contribution is -2.09. The third-order valence-electron chi connectivity index (χ3n) is 1.81. The topological polar surface area (TPSA) is 49.3 Å². The smallest absolute Gasteiger partial charge is 0.221 e. The standard InChI is InChI=1S/C10H9BrFNO2S/c1-5(14)13-8-4-6(2-3-7(8)12)9(11)10(15)16/h2-4,9H,1H3,(H,13,14)(H,15,16).